The predicted molar refractivity (Wildman–Crippen MR) is 125 cm³/mol. The number of benzene rings is 3. The molecule has 6 nitrogen and oxygen atoms in total. The van der Waals surface area contributed by atoms with E-state index < -0.39 is 17.7 Å². The summed E-state index contributed by atoms with van der Waals surface area (Å²) in [6.07, 6.45) is 0.732. The van der Waals surface area contributed by atoms with E-state index >= 15 is 0 Å². The lowest BCUT2D eigenvalue weighted by molar-refractivity contribution is -0.132. The standard InChI is InChI=1S/C27H23NO5/c1-16-4-3-5-20(14-16)28-24(17-6-9-21(32-2)10-7-17)23(26(30)27(28)31)25(29)19-8-11-22-18(15-19)12-13-33-22/h3-11,14-15,24,29H,12-13H2,1-2H3/b25-23-. The first-order valence-electron chi connectivity index (χ1n) is 10.8. The number of rotatable bonds is 4. The van der Waals surface area contributed by atoms with Crippen molar-refractivity contribution in [1.29, 1.82) is 0 Å². The summed E-state index contributed by atoms with van der Waals surface area (Å²) < 4.78 is 10.8. The number of anilines is 1. The van der Waals surface area contributed by atoms with Crippen LogP contribution in [-0.2, 0) is 16.0 Å². The van der Waals surface area contributed by atoms with Crippen molar-refractivity contribution in [2.24, 2.45) is 0 Å². The Balaban J connectivity index is 1.70. The van der Waals surface area contributed by atoms with Crippen LogP contribution in [0.3, 0.4) is 0 Å². The zero-order valence-corrected chi connectivity index (χ0v) is 18.4. The Morgan fingerprint density at radius 3 is 2.58 bits per heavy atom. The third-order valence-electron chi connectivity index (χ3n) is 6.12. The number of hydrogen-bond donors (Lipinski definition) is 1. The maximum atomic E-state index is 13.3. The number of methoxy groups -OCH3 is 1. The van der Waals surface area contributed by atoms with E-state index in [1.165, 1.54) is 4.90 Å². The summed E-state index contributed by atoms with van der Waals surface area (Å²) >= 11 is 0. The third-order valence-corrected chi connectivity index (χ3v) is 6.12. The number of fused-ring (bicyclic) bond motifs is 1. The van der Waals surface area contributed by atoms with Crippen molar-refractivity contribution in [1.82, 2.24) is 0 Å². The lowest BCUT2D eigenvalue weighted by atomic mass is 9.94. The van der Waals surface area contributed by atoms with Crippen LogP contribution in [0.1, 0.15) is 28.3 Å². The Morgan fingerprint density at radius 1 is 1.06 bits per heavy atom. The number of aryl methyl sites for hydroxylation is 1. The molecule has 5 rings (SSSR count). The third kappa shape index (κ3) is 3.53. The van der Waals surface area contributed by atoms with Crippen molar-refractivity contribution < 1.29 is 24.2 Å². The van der Waals surface area contributed by atoms with Crippen molar-refractivity contribution in [3.63, 3.8) is 0 Å². The number of hydrogen-bond acceptors (Lipinski definition) is 5. The van der Waals surface area contributed by atoms with Gasteiger partial charge in [-0.3, -0.25) is 14.5 Å². The first kappa shape index (κ1) is 20.8. The summed E-state index contributed by atoms with van der Waals surface area (Å²) in [5.74, 6) is -0.151. The molecule has 3 aromatic carbocycles. The Bertz CT molecular complexity index is 1290. The molecular formula is C27H23NO5. The molecule has 2 aliphatic rings. The second kappa shape index (κ2) is 8.13. The molecule has 3 aromatic rings. The summed E-state index contributed by atoms with van der Waals surface area (Å²) in [6, 6.07) is 19.1. The number of aliphatic hydroxyl groups is 1. The van der Waals surface area contributed by atoms with Crippen LogP contribution in [0.4, 0.5) is 5.69 Å². The van der Waals surface area contributed by atoms with Crippen LogP contribution in [0, 0.1) is 6.92 Å². The largest absolute Gasteiger partial charge is 0.507 e. The first-order valence-corrected chi connectivity index (χ1v) is 10.8. The number of Topliss-reactive ketones (excluding diaryl/α,β-unsaturated/α-hetero) is 1. The molecule has 1 N–H and O–H groups in total. The van der Waals surface area contributed by atoms with Gasteiger partial charge in [0.15, 0.2) is 0 Å². The Morgan fingerprint density at radius 2 is 1.85 bits per heavy atom. The van der Waals surface area contributed by atoms with Crippen molar-refractivity contribution in [2.45, 2.75) is 19.4 Å². The molecule has 1 fully saturated rings. The van der Waals surface area contributed by atoms with Gasteiger partial charge in [-0.2, -0.15) is 0 Å². The highest BCUT2D eigenvalue weighted by Gasteiger charge is 2.47. The second-order valence-electron chi connectivity index (χ2n) is 8.20. The molecule has 2 aliphatic heterocycles. The lowest BCUT2D eigenvalue weighted by Crippen LogP contribution is -2.29. The number of carbonyl (C=O) groups is 2. The van der Waals surface area contributed by atoms with Gasteiger partial charge in [0.05, 0.1) is 25.3 Å². The van der Waals surface area contributed by atoms with Crippen LogP contribution in [0.25, 0.3) is 5.76 Å². The molecule has 166 valence electrons. The van der Waals surface area contributed by atoms with Crippen LogP contribution >= 0.6 is 0 Å². The van der Waals surface area contributed by atoms with Crippen molar-refractivity contribution in [3.8, 4) is 11.5 Å². The number of carbonyl (C=O) groups excluding carboxylic acids is 2. The smallest absolute Gasteiger partial charge is 0.300 e. The highest BCUT2D eigenvalue weighted by molar-refractivity contribution is 6.51. The molecule has 0 saturated carbocycles. The fraction of sp³-hybridized carbons (Fsp3) is 0.185. The Hall–Kier alpha value is -4.06. The molecule has 0 bridgehead atoms. The second-order valence-corrected chi connectivity index (χ2v) is 8.20. The van der Waals surface area contributed by atoms with Gasteiger partial charge < -0.3 is 14.6 Å². The van der Waals surface area contributed by atoms with Gasteiger partial charge in [-0.05, 0) is 66.1 Å². The quantitative estimate of drug-likeness (QED) is 0.365. The van der Waals surface area contributed by atoms with Gasteiger partial charge in [-0.15, -0.1) is 0 Å². The van der Waals surface area contributed by atoms with Crippen LogP contribution < -0.4 is 14.4 Å². The fourth-order valence-electron chi connectivity index (χ4n) is 4.47. The predicted octanol–water partition coefficient (Wildman–Crippen LogP) is 4.56. The van der Waals surface area contributed by atoms with E-state index in [2.05, 4.69) is 0 Å². The van der Waals surface area contributed by atoms with Crippen LogP contribution in [0.2, 0.25) is 0 Å². The molecular weight excluding hydrogens is 418 g/mol. The number of amides is 1. The molecule has 1 atom stereocenters. The van der Waals surface area contributed by atoms with E-state index in [-0.39, 0.29) is 11.3 Å². The van der Waals surface area contributed by atoms with Crippen molar-refractivity contribution >= 4 is 23.1 Å². The summed E-state index contributed by atoms with van der Waals surface area (Å²) in [4.78, 5) is 28.0. The Labute approximate surface area is 191 Å². The fourth-order valence-corrected chi connectivity index (χ4v) is 4.47. The van der Waals surface area contributed by atoms with Gasteiger partial charge in [0.2, 0.25) is 0 Å². The normalized spacial score (nSPS) is 18.8. The van der Waals surface area contributed by atoms with E-state index in [1.807, 2.05) is 43.3 Å². The molecule has 0 aliphatic carbocycles. The van der Waals surface area contributed by atoms with Crippen LogP contribution in [0.5, 0.6) is 11.5 Å². The molecule has 6 heteroatoms. The van der Waals surface area contributed by atoms with E-state index in [0.29, 0.717) is 29.2 Å². The molecule has 0 radical (unpaired) electrons. The summed E-state index contributed by atoms with van der Waals surface area (Å²) in [7, 11) is 1.57. The maximum absolute atomic E-state index is 13.3. The van der Waals surface area contributed by atoms with Crippen LogP contribution in [0.15, 0.2) is 72.3 Å². The number of nitrogens with zero attached hydrogens (tertiary/aromatic N) is 1. The molecule has 1 unspecified atom stereocenters. The van der Waals surface area contributed by atoms with Gasteiger partial charge in [0.25, 0.3) is 11.7 Å². The van der Waals surface area contributed by atoms with Crippen molar-refractivity contribution in [2.75, 3.05) is 18.6 Å². The number of aliphatic hydroxyl groups excluding tert-OH is 1. The number of ether oxygens (including phenoxy) is 2. The van der Waals surface area contributed by atoms with E-state index in [4.69, 9.17) is 9.47 Å². The molecule has 0 aromatic heterocycles. The summed E-state index contributed by atoms with van der Waals surface area (Å²) in [6.45, 7) is 2.51. The van der Waals surface area contributed by atoms with Gasteiger partial charge in [0.1, 0.15) is 17.3 Å². The molecule has 1 amide bonds. The minimum atomic E-state index is -0.776. The van der Waals surface area contributed by atoms with Crippen LogP contribution in [-0.4, -0.2) is 30.5 Å². The highest BCUT2D eigenvalue weighted by Crippen LogP contribution is 2.43. The van der Waals surface area contributed by atoms with Gasteiger partial charge >= 0.3 is 0 Å². The summed E-state index contributed by atoms with van der Waals surface area (Å²) in [5.41, 5.74) is 3.77. The monoisotopic (exact) mass is 441 g/mol. The lowest BCUT2D eigenvalue weighted by Gasteiger charge is -2.26. The average molecular weight is 441 g/mol. The number of ketones is 1. The first-order chi connectivity index (χ1) is 16.0. The van der Waals surface area contributed by atoms with E-state index in [9.17, 15) is 14.7 Å². The minimum Gasteiger partial charge on any atom is -0.507 e. The van der Waals surface area contributed by atoms with E-state index in [1.54, 1.807) is 37.4 Å². The summed E-state index contributed by atoms with van der Waals surface area (Å²) in [5, 5.41) is 11.3. The zero-order chi connectivity index (χ0) is 23.1. The molecule has 2 heterocycles. The molecule has 1 saturated heterocycles. The van der Waals surface area contributed by atoms with Gasteiger partial charge in [-0.1, -0.05) is 24.3 Å². The topological polar surface area (TPSA) is 76.1 Å². The average Bonchev–Trinajstić information content (AvgIpc) is 3.40. The Kier molecular flexibility index (Phi) is 5.13. The molecule has 33 heavy (non-hydrogen) atoms. The zero-order valence-electron chi connectivity index (χ0n) is 18.4. The minimum absolute atomic E-state index is 0.0607. The van der Waals surface area contributed by atoms with Gasteiger partial charge in [0, 0.05) is 17.7 Å². The highest BCUT2D eigenvalue weighted by atomic mass is 16.5. The SMILES string of the molecule is COc1ccc(C2/C(=C(/O)c3ccc4c(c3)CCO4)C(=O)C(=O)N2c2cccc(C)c2)cc1. The molecule has 0 spiro atoms. The van der Waals surface area contributed by atoms with E-state index in [0.717, 1.165) is 23.3 Å². The van der Waals surface area contributed by atoms with Crippen molar-refractivity contribution in [3.05, 3.63) is 94.6 Å². The maximum Gasteiger partial charge on any atom is 0.300 e. The van der Waals surface area contributed by atoms with Gasteiger partial charge in [-0.25, -0.2) is 0 Å².